The molecular weight excluding hydrogens is 326 g/mol. The molecule has 2 aromatic carbocycles. The van der Waals surface area contributed by atoms with Gasteiger partial charge in [0.1, 0.15) is 12.4 Å². The van der Waals surface area contributed by atoms with Gasteiger partial charge in [-0.3, -0.25) is 9.48 Å². The van der Waals surface area contributed by atoms with Gasteiger partial charge in [0.2, 0.25) is 0 Å². The molecule has 0 aliphatic heterocycles. The van der Waals surface area contributed by atoms with Crippen molar-refractivity contribution in [1.82, 2.24) is 15.1 Å². The van der Waals surface area contributed by atoms with Crippen molar-refractivity contribution in [2.75, 3.05) is 0 Å². The molecule has 0 spiro atoms. The molecule has 5 heteroatoms. The molecule has 0 aliphatic rings. The number of nitrogens with zero attached hydrogens (tertiary/aromatic N) is 2. The van der Waals surface area contributed by atoms with Gasteiger partial charge in [0, 0.05) is 30.9 Å². The maximum atomic E-state index is 12.4. The maximum absolute atomic E-state index is 12.4. The first-order valence-electron chi connectivity index (χ1n) is 8.56. The molecule has 0 unspecified atom stereocenters. The average molecular weight is 349 g/mol. The van der Waals surface area contributed by atoms with E-state index in [1.165, 1.54) is 5.56 Å². The summed E-state index contributed by atoms with van der Waals surface area (Å²) in [5, 5.41) is 7.01. The summed E-state index contributed by atoms with van der Waals surface area (Å²) in [6, 6.07) is 13.6. The van der Waals surface area contributed by atoms with Crippen molar-refractivity contribution in [3.63, 3.8) is 0 Å². The van der Waals surface area contributed by atoms with Crippen LogP contribution in [0.5, 0.6) is 5.75 Å². The van der Waals surface area contributed by atoms with E-state index in [4.69, 9.17) is 4.74 Å². The molecule has 1 amide bonds. The molecule has 1 N–H and O–H groups in total. The summed E-state index contributed by atoms with van der Waals surface area (Å²) in [7, 11) is 1.85. The minimum Gasteiger partial charge on any atom is -0.489 e. The Morgan fingerprint density at radius 2 is 2.00 bits per heavy atom. The van der Waals surface area contributed by atoms with E-state index >= 15 is 0 Å². The summed E-state index contributed by atoms with van der Waals surface area (Å²) in [5.74, 6) is 0.754. The van der Waals surface area contributed by atoms with Crippen molar-refractivity contribution in [3.05, 3.63) is 82.7 Å². The minimum absolute atomic E-state index is 0.109. The normalized spacial score (nSPS) is 10.6. The zero-order valence-electron chi connectivity index (χ0n) is 15.3. The zero-order valence-corrected chi connectivity index (χ0v) is 15.3. The zero-order chi connectivity index (χ0) is 18.5. The first-order chi connectivity index (χ1) is 12.5. The van der Waals surface area contributed by atoms with Crippen LogP contribution in [0.1, 0.15) is 32.6 Å². The van der Waals surface area contributed by atoms with Crippen LogP contribution in [0.2, 0.25) is 0 Å². The Labute approximate surface area is 153 Å². The van der Waals surface area contributed by atoms with E-state index in [2.05, 4.69) is 23.4 Å². The Morgan fingerprint density at radius 1 is 1.15 bits per heavy atom. The van der Waals surface area contributed by atoms with Crippen LogP contribution in [0.25, 0.3) is 0 Å². The van der Waals surface area contributed by atoms with Crippen LogP contribution in [0.4, 0.5) is 0 Å². The number of nitrogens with one attached hydrogen (secondary N) is 1. The fraction of sp³-hybridized carbons (Fsp3) is 0.238. The van der Waals surface area contributed by atoms with E-state index in [9.17, 15) is 4.79 Å². The summed E-state index contributed by atoms with van der Waals surface area (Å²) in [4.78, 5) is 12.4. The van der Waals surface area contributed by atoms with Gasteiger partial charge in [-0.15, -0.1) is 0 Å². The quantitative estimate of drug-likeness (QED) is 0.740. The van der Waals surface area contributed by atoms with Gasteiger partial charge in [0.25, 0.3) is 5.91 Å². The Balaban J connectivity index is 1.61. The third-order valence-corrected chi connectivity index (χ3v) is 4.13. The molecule has 0 fully saturated rings. The van der Waals surface area contributed by atoms with Gasteiger partial charge in [0.15, 0.2) is 0 Å². The highest BCUT2D eigenvalue weighted by Gasteiger charge is 2.08. The molecule has 5 nitrogen and oxygen atoms in total. The second kappa shape index (κ2) is 7.87. The van der Waals surface area contributed by atoms with Crippen molar-refractivity contribution < 1.29 is 9.53 Å². The van der Waals surface area contributed by atoms with Crippen LogP contribution in [-0.4, -0.2) is 15.7 Å². The molecule has 1 aromatic heterocycles. The van der Waals surface area contributed by atoms with E-state index in [-0.39, 0.29) is 5.91 Å². The number of ether oxygens (including phenoxy) is 1. The smallest absolute Gasteiger partial charge is 0.251 e. The van der Waals surface area contributed by atoms with Crippen LogP contribution in [0, 0.1) is 13.8 Å². The second-order valence-corrected chi connectivity index (χ2v) is 6.46. The largest absolute Gasteiger partial charge is 0.489 e. The second-order valence-electron chi connectivity index (χ2n) is 6.46. The molecule has 3 rings (SSSR count). The number of aromatic nitrogens is 2. The molecule has 0 radical (unpaired) electrons. The highest BCUT2D eigenvalue weighted by atomic mass is 16.5. The highest BCUT2D eigenvalue weighted by molar-refractivity contribution is 5.94. The lowest BCUT2D eigenvalue weighted by Gasteiger charge is -2.11. The minimum atomic E-state index is -0.109. The number of carbonyl (C=O) groups is 1. The molecule has 26 heavy (non-hydrogen) atoms. The Morgan fingerprint density at radius 3 is 2.73 bits per heavy atom. The SMILES string of the molecule is Cc1ccc(OCc2cccc(C(=O)NCc3cnn(C)c3)c2)c(C)c1. The fourth-order valence-corrected chi connectivity index (χ4v) is 2.77. The van der Waals surface area contributed by atoms with Crippen LogP contribution >= 0.6 is 0 Å². The summed E-state index contributed by atoms with van der Waals surface area (Å²) < 4.78 is 7.62. The summed E-state index contributed by atoms with van der Waals surface area (Å²) >= 11 is 0. The Kier molecular flexibility index (Phi) is 5.37. The van der Waals surface area contributed by atoms with Crippen molar-refractivity contribution >= 4 is 5.91 Å². The first kappa shape index (κ1) is 17.7. The van der Waals surface area contributed by atoms with Crippen LogP contribution in [-0.2, 0) is 20.2 Å². The van der Waals surface area contributed by atoms with E-state index < -0.39 is 0 Å². The van der Waals surface area contributed by atoms with Gasteiger partial charge in [-0.25, -0.2) is 0 Å². The lowest BCUT2D eigenvalue weighted by Crippen LogP contribution is -2.22. The lowest BCUT2D eigenvalue weighted by molar-refractivity contribution is 0.0950. The highest BCUT2D eigenvalue weighted by Crippen LogP contribution is 2.20. The number of hydrogen-bond acceptors (Lipinski definition) is 3. The van der Waals surface area contributed by atoms with E-state index in [1.54, 1.807) is 16.9 Å². The first-order valence-corrected chi connectivity index (χ1v) is 8.56. The summed E-state index contributed by atoms with van der Waals surface area (Å²) in [6.45, 7) is 4.97. The van der Waals surface area contributed by atoms with E-state index in [1.807, 2.05) is 50.5 Å². The van der Waals surface area contributed by atoms with Gasteiger partial charge >= 0.3 is 0 Å². The topological polar surface area (TPSA) is 56.1 Å². The number of amides is 1. The van der Waals surface area contributed by atoms with Gasteiger partial charge in [-0.2, -0.15) is 5.10 Å². The van der Waals surface area contributed by atoms with Gasteiger partial charge in [0.05, 0.1) is 6.20 Å². The van der Waals surface area contributed by atoms with Gasteiger partial charge in [-0.1, -0.05) is 29.8 Å². The number of benzene rings is 2. The number of rotatable bonds is 6. The molecular formula is C21H23N3O2. The fourth-order valence-electron chi connectivity index (χ4n) is 2.77. The van der Waals surface area contributed by atoms with Crippen molar-refractivity contribution in [2.45, 2.75) is 27.0 Å². The predicted octanol–water partition coefficient (Wildman–Crippen LogP) is 3.55. The third kappa shape index (κ3) is 4.51. The molecule has 0 atom stereocenters. The molecule has 1 heterocycles. The molecule has 134 valence electrons. The average Bonchev–Trinajstić information content (AvgIpc) is 3.04. The van der Waals surface area contributed by atoms with Crippen LogP contribution < -0.4 is 10.1 Å². The number of aryl methyl sites for hydroxylation is 3. The number of carbonyl (C=O) groups excluding carboxylic acids is 1. The predicted molar refractivity (Wildman–Crippen MR) is 101 cm³/mol. The van der Waals surface area contributed by atoms with Crippen molar-refractivity contribution in [1.29, 1.82) is 0 Å². The maximum Gasteiger partial charge on any atom is 0.251 e. The van der Waals surface area contributed by atoms with Gasteiger partial charge in [-0.05, 0) is 43.2 Å². The van der Waals surface area contributed by atoms with Crippen molar-refractivity contribution in [3.8, 4) is 5.75 Å². The Bertz CT molecular complexity index is 915. The molecule has 3 aromatic rings. The third-order valence-electron chi connectivity index (χ3n) is 4.13. The van der Waals surface area contributed by atoms with Crippen LogP contribution in [0.3, 0.4) is 0 Å². The van der Waals surface area contributed by atoms with Crippen molar-refractivity contribution in [2.24, 2.45) is 7.05 Å². The lowest BCUT2D eigenvalue weighted by atomic mass is 10.1. The van der Waals surface area contributed by atoms with Crippen LogP contribution in [0.15, 0.2) is 54.9 Å². The molecule has 0 saturated carbocycles. The molecule has 0 bridgehead atoms. The summed E-state index contributed by atoms with van der Waals surface area (Å²) in [5.41, 5.74) is 4.86. The molecule has 0 saturated heterocycles. The number of hydrogen-bond donors (Lipinski definition) is 1. The molecule has 0 aliphatic carbocycles. The summed E-state index contributed by atoms with van der Waals surface area (Å²) in [6.07, 6.45) is 3.63. The Hall–Kier alpha value is -3.08. The standard InChI is InChI=1S/C21H23N3O2/c1-15-7-8-20(16(2)9-15)26-14-17-5-4-6-19(10-17)21(25)22-11-18-12-23-24(3)13-18/h4-10,12-13H,11,14H2,1-3H3,(H,22,25). The van der Waals surface area contributed by atoms with E-state index in [0.717, 1.165) is 22.4 Å². The van der Waals surface area contributed by atoms with Gasteiger partial charge < -0.3 is 10.1 Å². The monoisotopic (exact) mass is 349 g/mol. The van der Waals surface area contributed by atoms with E-state index in [0.29, 0.717) is 18.7 Å².